The number of rotatable bonds is 3. The van der Waals surface area contributed by atoms with Gasteiger partial charge >= 0.3 is 0 Å². The van der Waals surface area contributed by atoms with Crippen LogP contribution in [-0.2, 0) is 10.0 Å². The van der Waals surface area contributed by atoms with Crippen LogP contribution in [0.4, 0.5) is 0 Å². The first-order valence-corrected chi connectivity index (χ1v) is 7.66. The maximum absolute atomic E-state index is 12.1. The Kier molecular flexibility index (Phi) is 3.29. The molecule has 0 atom stereocenters. The van der Waals surface area contributed by atoms with E-state index in [4.69, 9.17) is 6.42 Å². The first-order chi connectivity index (χ1) is 10.1. The minimum Gasteiger partial charge on any atom is -0.244 e. The Morgan fingerprint density at radius 3 is 2.86 bits per heavy atom. The van der Waals surface area contributed by atoms with Gasteiger partial charge in [-0.3, -0.25) is 0 Å². The SMILES string of the molecule is C#CCNS(=O)(=O)c1ccc2c(ccc3ncncc32)c1. The molecule has 104 valence electrons. The summed E-state index contributed by atoms with van der Waals surface area (Å²) in [6.45, 7) is -0.0358. The van der Waals surface area contributed by atoms with Gasteiger partial charge in [-0.05, 0) is 29.0 Å². The van der Waals surface area contributed by atoms with Crippen LogP contribution in [0.15, 0.2) is 47.8 Å². The summed E-state index contributed by atoms with van der Waals surface area (Å²) in [6.07, 6.45) is 8.28. The molecule has 0 spiro atoms. The molecular weight excluding hydrogens is 286 g/mol. The summed E-state index contributed by atoms with van der Waals surface area (Å²) in [5.41, 5.74) is 0.818. The largest absolute Gasteiger partial charge is 0.244 e. The third-order valence-corrected chi connectivity index (χ3v) is 4.55. The molecule has 6 heteroatoms. The smallest absolute Gasteiger partial charge is 0.241 e. The summed E-state index contributed by atoms with van der Waals surface area (Å²) in [5, 5.41) is 2.60. The summed E-state index contributed by atoms with van der Waals surface area (Å²) in [4.78, 5) is 8.37. The van der Waals surface area contributed by atoms with Gasteiger partial charge in [0.2, 0.25) is 10.0 Å². The maximum Gasteiger partial charge on any atom is 0.241 e. The molecule has 1 heterocycles. The number of hydrogen-bond donors (Lipinski definition) is 1. The molecule has 0 aliphatic heterocycles. The molecule has 0 aliphatic rings. The predicted molar refractivity (Wildman–Crippen MR) is 81.1 cm³/mol. The summed E-state index contributed by atoms with van der Waals surface area (Å²) < 4.78 is 26.5. The van der Waals surface area contributed by atoms with Crippen molar-refractivity contribution in [1.82, 2.24) is 14.7 Å². The van der Waals surface area contributed by atoms with Gasteiger partial charge in [-0.15, -0.1) is 6.42 Å². The number of sulfonamides is 1. The van der Waals surface area contributed by atoms with Crippen molar-refractivity contribution in [3.8, 4) is 12.3 Å². The third kappa shape index (κ3) is 2.44. The van der Waals surface area contributed by atoms with Crippen molar-refractivity contribution in [2.45, 2.75) is 4.90 Å². The molecule has 0 saturated carbocycles. The highest BCUT2D eigenvalue weighted by atomic mass is 32.2. The Morgan fingerprint density at radius 2 is 2.05 bits per heavy atom. The number of fused-ring (bicyclic) bond motifs is 3. The molecule has 0 amide bonds. The number of hydrogen-bond acceptors (Lipinski definition) is 4. The van der Waals surface area contributed by atoms with Gasteiger partial charge in [0.15, 0.2) is 0 Å². The summed E-state index contributed by atoms with van der Waals surface area (Å²) in [5.74, 6) is 2.25. The molecule has 1 N–H and O–H groups in total. The van der Waals surface area contributed by atoms with Crippen molar-refractivity contribution in [3.05, 3.63) is 42.9 Å². The van der Waals surface area contributed by atoms with Crippen molar-refractivity contribution < 1.29 is 8.42 Å². The number of nitrogens with zero attached hydrogens (tertiary/aromatic N) is 2. The van der Waals surface area contributed by atoms with Crippen LogP contribution in [0.25, 0.3) is 21.7 Å². The minimum atomic E-state index is -3.59. The van der Waals surface area contributed by atoms with Crippen LogP contribution in [-0.4, -0.2) is 24.9 Å². The van der Waals surface area contributed by atoms with Gasteiger partial charge < -0.3 is 0 Å². The van der Waals surface area contributed by atoms with E-state index in [1.165, 1.54) is 6.33 Å². The molecule has 3 aromatic rings. The van der Waals surface area contributed by atoms with Crippen LogP contribution >= 0.6 is 0 Å². The molecule has 0 radical (unpaired) electrons. The molecule has 3 rings (SSSR count). The van der Waals surface area contributed by atoms with E-state index in [-0.39, 0.29) is 11.4 Å². The van der Waals surface area contributed by atoms with Gasteiger partial charge in [0.25, 0.3) is 0 Å². The first kappa shape index (κ1) is 13.5. The molecule has 0 unspecified atom stereocenters. The van der Waals surface area contributed by atoms with Crippen LogP contribution in [0.2, 0.25) is 0 Å². The zero-order valence-corrected chi connectivity index (χ0v) is 11.8. The molecule has 0 saturated heterocycles. The van der Waals surface area contributed by atoms with E-state index < -0.39 is 10.0 Å². The fourth-order valence-electron chi connectivity index (χ4n) is 2.16. The zero-order chi connectivity index (χ0) is 14.9. The van der Waals surface area contributed by atoms with Crippen molar-refractivity contribution >= 4 is 31.7 Å². The monoisotopic (exact) mass is 297 g/mol. The fraction of sp³-hybridized carbons (Fsp3) is 0.0667. The highest BCUT2D eigenvalue weighted by Crippen LogP contribution is 2.25. The lowest BCUT2D eigenvalue weighted by Gasteiger charge is -2.07. The molecule has 5 nitrogen and oxygen atoms in total. The van der Waals surface area contributed by atoms with Gasteiger partial charge in [0.05, 0.1) is 17.0 Å². The first-order valence-electron chi connectivity index (χ1n) is 6.17. The topological polar surface area (TPSA) is 72.0 Å². The molecule has 1 aromatic heterocycles. The molecule has 0 fully saturated rings. The van der Waals surface area contributed by atoms with Gasteiger partial charge in [-0.1, -0.05) is 18.1 Å². The molecule has 2 aromatic carbocycles. The third-order valence-electron chi connectivity index (χ3n) is 3.15. The van der Waals surface area contributed by atoms with E-state index in [1.807, 2.05) is 12.1 Å². The van der Waals surface area contributed by atoms with Crippen LogP contribution < -0.4 is 4.72 Å². The lowest BCUT2D eigenvalue weighted by molar-refractivity contribution is 0.586. The fourth-order valence-corrected chi connectivity index (χ4v) is 3.13. The highest BCUT2D eigenvalue weighted by molar-refractivity contribution is 7.89. The maximum atomic E-state index is 12.1. The normalized spacial score (nSPS) is 11.6. The second-order valence-corrected chi connectivity index (χ2v) is 6.20. The number of nitrogens with one attached hydrogen (secondary N) is 1. The average molecular weight is 297 g/mol. The van der Waals surface area contributed by atoms with Crippen LogP contribution in [0.1, 0.15) is 0 Å². The molecular formula is C15H11N3O2S. The highest BCUT2D eigenvalue weighted by Gasteiger charge is 2.14. The molecule has 0 aliphatic carbocycles. The van der Waals surface area contributed by atoms with Gasteiger partial charge in [0.1, 0.15) is 6.33 Å². The van der Waals surface area contributed by atoms with Crippen molar-refractivity contribution in [3.63, 3.8) is 0 Å². The van der Waals surface area contributed by atoms with Gasteiger partial charge in [-0.2, -0.15) is 4.72 Å². The van der Waals surface area contributed by atoms with Crippen molar-refractivity contribution in [1.29, 1.82) is 0 Å². The van der Waals surface area contributed by atoms with E-state index in [0.717, 1.165) is 21.7 Å². The second kappa shape index (κ2) is 5.13. The molecule has 0 bridgehead atoms. The summed E-state index contributed by atoms with van der Waals surface area (Å²) in [7, 11) is -3.59. The number of terminal acetylenes is 1. The number of benzene rings is 2. The Bertz CT molecular complexity index is 975. The van der Waals surface area contributed by atoms with E-state index in [1.54, 1.807) is 24.4 Å². The molecule has 21 heavy (non-hydrogen) atoms. The van der Waals surface area contributed by atoms with Crippen molar-refractivity contribution in [2.24, 2.45) is 0 Å². The Labute approximate surface area is 122 Å². The van der Waals surface area contributed by atoms with E-state index >= 15 is 0 Å². The minimum absolute atomic E-state index is 0.0358. The predicted octanol–water partition coefficient (Wildman–Crippen LogP) is 1.69. The van der Waals surface area contributed by atoms with Gasteiger partial charge in [0, 0.05) is 11.6 Å². The van der Waals surface area contributed by atoms with E-state index in [2.05, 4.69) is 20.6 Å². The Balaban J connectivity index is 2.18. The Morgan fingerprint density at radius 1 is 1.19 bits per heavy atom. The summed E-state index contributed by atoms with van der Waals surface area (Å²) >= 11 is 0. The quantitative estimate of drug-likeness (QED) is 0.590. The number of aromatic nitrogens is 2. The van der Waals surface area contributed by atoms with Crippen LogP contribution in [0, 0.1) is 12.3 Å². The van der Waals surface area contributed by atoms with Crippen molar-refractivity contribution in [2.75, 3.05) is 6.54 Å². The van der Waals surface area contributed by atoms with Crippen LogP contribution in [0.3, 0.4) is 0 Å². The van der Waals surface area contributed by atoms with E-state index in [9.17, 15) is 8.42 Å². The van der Waals surface area contributed by atoms with Gasteiger partial charge in [-0.25, -0.2) is 18.4 Å². The summed E-state index contributed by atoms with van der Waals surface area (Å²) in [6, 6.07) is 8.59. The Hall–Kier alpha value is -2.49. The lowest BCUT2D eigenvalue weighted by Crippen LogP contribution is -2.23. The second-order valence-electron chi connectivity index (χ2n) is 4.43. The standard InChI is InChI=1S/C15H11N3O2S/c1-2-7-18-21(19,20)12-4-5-13-11(8-12)3-6-15-14(13)9-16-10-17-15/h1,3-6,8-10,18H,7H2. The lowest BCUT2D eigenvalue weighted by atomic mass is 10.1. The average Bonchev–Trinajstić information content (AvgIpc) is 2.52. The van der Waals surface area contributed by atoms with E-state index in [0.29, 0.717) is 0 Å². The van der Waals surface area contributed by atoms with Crippen LogP contribution in [0.5, 0.6) is 0 Å². The zero-order valence-electron chi connectivity index (χ0n) is 10.9.